The molecule has 2 rings (SSSR count). The molecule has 1 aromatic carbocycles. The maximum atomic E-state index is 5.73. The van der Waals surface area contributed by atoms with Gasteiger partial charge in [-0.1, -0.05) is 12.1 Å². The van der Waals surface area contributed by atoms with Crippen LogP contribution in [0.2, 0.25) is 0 Å². The van der Waals surface area contributed by atoms with Crippen LogP contribution in [-0.4, -0.2) is 64.5 Å². The van der Waals surface area contributed by atoms with Gasteiger partial charge < -0.3 is 24.4 Å². The van der Waals surface area contributed by atoms with Crippen molar-refractivity contribution in [1.82, 2.24) is 10.2 Å². The molecule has 0 unspecified atom stereocenters. The lowest BCUT2D eigenvalue weighted by Gasteiger charge is -2.22. The standard InChI is InChI=1S/C20H33N3O3.HI/c1-4-21-20(23(2)10-11-25-16-17-8-9-17)22-15-18-6-5-7-19(14-18)26-13-12-24-3;/h5-7,14,17H,4,8-13,15-16H2,1-3H3,(H,21,22);1H. The SMILES string of the molecule is CCNC(=NCc1cccc(OCCOC)c1)N(C)CCOCC1CC1.I. The van der Waals surface area contributed by atoms with E-state index in [1.54, 1.807) is 7.11 Å². The van der Waals surface area contributed by atoms with Gasteiger partial charge in [0, 0.05) is 33.9 Å². The predicted octanol–water partition coefficient (Wildman–Crippen LogP) is 3.15. The molecule has 1 aromatic rings. The molecule has 0 aliphatic heterocycles. The zero-order valence-corrected chi connectivity index (χ0v) is 19.1. The molecule has 1 N–H and O–H groups in total. The highest BCUT2D eigenvalue weighted by molar-refractivity contribution is 14.0. The smallest absolute Gasteiger partial charge is 0.194 e. The monoisotopic (exact) mass is 491 g/mol. The number of guanidine groups is 1. The molecule has 6 nitrogen and oxygen atoms in total. The van der Waals surface area contributed by atoms with Gasteiger partial charge in [-0.15, -0.1) is 24.0 Å². The quantitative estimate of drug-likeness (QED) is 0.211. The molecule has 0 spiro atoms. The number of ether oxygens (including phenoxy) is 3. The van der Waals surface area contributed by atoms with Gasteiger partial charge in [0.2, 0.25) is 0 Å². The molecule has 154 valence electrons. The number of methoxy groups -OCH3 is 1. The lowest BCUT2D eigenvalue weighted by molar-refractivity contribution is 0.115. The first-order valence-corrected chi connectivity index (χ1v) is 9.50. The van der Waals surface area contributed by atoms with Crippen molar-refractivity contribution < 1.29 is 14.2 Å². The van der Waals surface area contributed by atoms with Gasteiger partial charge in [0.25, 0.3) is 0 Å². The molecular weight excluding hydrogens is 457 g/mol. The molecule has 1 fully saturated rings. The summed E-state index contributed by atoms with van der Waals surface area (Å²) < 4.78 is 16.4. The second kappa shape index (κ2) is 14.0. The summed E-state index contributed by atoms with van der Waals surface area (Å²) >= 11 is 0. The van der Waals surface area contributed by atoms with Crippen molar-refractivity contribution in [1.29, 1.82) is 0 Å². The maximum absolute atomic E-state index is 5.73. The van der Waals surface area contributed by atoms with Crippen LogP contribution >= 0.6 is 24.0 Å². The second-order valence-electron chi connectivity index (χ2n) is 6.60. The van der Waals surface area contributed by atoms with Gasteiger partial charge >= 0.3 is 0 Å². The fraction of sp³-hybridized carbons (Fsp3) is 0.650. The first-order chi connectivity index (χ1) is 12.7. The van der Waals surface area contributed by atoms with Gasteiger partial charge in [0.1, 0.15) is 12.4 Å². The summed E-state index contributed by atoms with van der Waals surface area (Å²) in [7, 11) is 3.72. The van der Waals surface area contributed by atoms with Crippen LogP contribution in [0, 0.1) is 5.92 Å². The van der Waals surface area contributed by atoms with Crippen LogP contribution in [0.3, 0.4) is 0 Å². The first-order valence-electron chi connectivity index (χ1n) is 9.50. The Bertz CT molecular complexity index is 553. The molecule has 27 heavy (non-hydrogen) atoms. The Balaban J connectivity index is 0.00000364. The number of benzene rings is 1. The zero-order valence-electron chi connectivity index (χ0n) is 16.8. The lowest BCUT2D eigenvalue weighted by atomic mass is 10.2. The van der Waals surface area contributed by atoms with E-state index in [-0.39, 0.29) is 24.0 Å². The van der Waals surface area contributed by atoms with Gasteiger partial charge in [0.05, 0.1) is 19.8 Å². The molecule has 0 atom stereocenters. The van der Waals surface area contributed by atoms with Gasteiger partial charge in [0.15, 0.2) is 5.96 Å². The van der Waals surface area contributed by atoms with E-state index in [0.717, 1.165) is 49.5 Å². The highest BCUT2D eigenvalue weighted by Crippen LogP contribution is 2.28. The fourth-order valence-corrected chi connectivity index (χ4v) is 2.45. The third-order valence-electron chi connectivity index (χ3n) is 4.18. The van der Waals surface area contributed by atoms with Crippen LogP contribution < -0.4 is 10.1 Å². The first kappa shape index (κ1) is 24.0. The largest absolute Gasteiger partial charge is 0.491 e. The van der Waals surface area contributed by atoms with Crippen LogP contribution in [0.1, 0.15) is 25.3 Å². The Morgan fingerprint density at radius 3 is 2.78 bits per heavy atom. The van der Waals surface area contributed by atoms with E-state index >= 15 is 0 Å². The molecule has 0 radical (unpaired) electrons. The number of hydrogen-bond donors (Lipinski definition) is 1. The Morgan fingerprint density at radius 2 is 2.07 bits per heavy atom. The average Bonchev–Trinajstić information content (AvgIpc) is 3.47. The summed E-state index contributed by atoms with van der Waals surface area (Å²) in [4.78, 5) is 6.86. The number of likely N-dealkylation sites (N-methyl/N-ethyl adjacent to an activating group) is 1. The van der Waals surface area contributed by atoms with E-state index in [1.807, 2.05) is 25.2 Å². The van der Waals surface area contributed by atoms with Crippen molar-refractivity contribution >= 4 is 29.9 Å². The Labute approximate surface area is 180 Å². The van der Waals surface area contributed by atoms with Crippen molar-refractivity contribution in [2.45, 2.75) is 26.3 Å². The number of nitrogens with one attached hydrogen (secondary N) is 1. The Kier molecular flexibility index (Phi) is 12.4. The van der Waals surface area contributed by atoms with E-state index in [2.05, 4.69) is 23.2 Å². The third kappa shape index (κ3) is 10.2. The molecule has 0 heterocycles. The summed E-state index contributed by atoms with van der Waals surface area (Å²) in [5.41, 5.74) is 1.12. The van der Waals surface area contributed by atoms with Crippen molar-refractivity contribution in [3.8, 4) is 5.75 Å². The van der Waals surface area contributed by atoms with Gasteiger partial charge in [-0.05, 0) is 43.4 Å². The average molecular weight is 491 g/mol. The molecule has 0 amide bonds. The number of rotatable bonds is 12. The molecule has 0 saturated heterocycles. The van der Waals surface area contributed by atoms with Crippen molar-refractivity contribution in [3.05, 3.63) is 29.8 Å². The molecule has 7 heteroatoms. The fourth-order valence-electron chi connectivity index (χ4n) is 2.45. The maximum Gasteiger partial charge on any atom is 0.194 e. The van der Waals surface area contributed by atoms with Crippen LogP contribution in [0.4, 0.5) is 0 Å². The minimum atomic E-state index is 0. The van der Waals surface area contributed by atoms with Crippen molar-refractivity contribution in [2.24, 2.45) is 10.9 Å². The highest BCUT2D eigenvalue weighted by Gasteiger charge is 2.21. The Morgan fingerprint density at radius 1 is 1.26 bits per heavy atom. The summed E-state index contributed by atoms with van der Waals surface area (Å²) in [6.45, 7) is 7.13. The minimum Gasteiger partial charge on any atom is -0.491 e. The molecule has 0 bridgehead atoms. The third-order valence-corrected chi connectivity index (χ3v) is 4.18. The number of hydrogen-bond acceptors (Lipinski definition) is 4. The lowest BCUT2D eigenvalue weighted by Crippen LogP contribution is -2.40. The summed E-state index contributed by atoms with van der Waals surface area (Å²) in [5, 5.41) is 3.34. The summed E-state index contributed by atoms with van der Waals surface area (Å²) in [6.07, 6.45) is 2.66. The van der Waals surface area contributed by atoms with Crippen LogP contribution in [-0.2, 0) is 16.0 Å². The summed E-state index contributed by atoms with van der Waals surface area (Å²) in [5.74, 6) is 2.55. The molecular formula is C20H34IN3O3. The van der Waals surface area contributed by atoms with E-state index in [1.165, 1.54) is 12.8 Å². The topological polar surface area (TPSA) is 55.3 Å². The van der Waals surface area contributed by atoms with Gasteiger partial charge in [-0.2, -0.15) is 0 Å². The Hall–Kier alpha value is -1.06. The van der Waals surface area contributed by atoms with Gasteiger partial charge in [-0.3, -0.25) is 0 Å². The van der Waals surface area contributed by atoms with E-state index in [0.29, 0.717) is 19.8 Å². The van der Waals surface area contributed by atoms with E-state index in [9.17, 15) is 0 Å². The second-order valence-corrected chi connectivity index (χ2v) is 6.60. The van der Waals surface area contributed by atoms with Crippen LogP contribution in [0.15, 0.2) is 29.3 Å². The van der Waals surface area contributed by atoms with Crippen molar-refractivity contribution in [3.63, 3.8) is 0 Å². The summed E-state index contributed by atoms with van der Waals surface area (Å²) in [6, 6.07) is 8.04. The minimum absolute atomic E-state index is 0. The molecule has 1 aliphatic carbocycles. The van der Waals surface area contributed by atoms with Crippen molar-refractivity contribution in [2.75, 3.05) is 53.7 Å². The molecule has 1 aliphatic rings. The molecule has 0 aromatic heterocycles. The zero-order chi connectivity index (χ0) is 18.6. The predicted molar refractivity (Wildman–Crippen MR) is 120 cm³/mol. The highest BCUT2D eigenvalue weighted by atomic mass is 127. The molecule has 1 saturated carbocycles. The number of halogens is 1. The number of nitrogens with zero attached hydrogens (tertiary/aromatic N) is 2. The number of aliphatic imine (C=N–C) groups is 1. The van der Waals surface area contributed by atoms with Crippen LogP contribution in [0.5, 0.6) is 5.75 Å². The normalized spacial score (nSPS) is 13.8. The van der Waals surface area contributed by atoms with E-state index < -0.39 is 0 Å². The van der Waals surface area contributed by atoms with E-state index in [4.69, 9.17) is 19.2 Å². The van der Waals surface area contributed by atoms with Crippen LogP contribution in [0.25, 0.3) is 0 Å². The van der Waals surface area contributed by atoms with Gasteiger partial charge in [-0.25, -0.2) is 4.99 Å².